The summed E-state index contributed by atoms with van der Waals surface area (Å²) in [7, 11) is 0. The van der Waals surface area contributed by atoms with E-state index in [2.05, 4.69) is 22.3 Å². The highest BCUT2D eigenvalue weighted by Gasteiger charge is 2.10. The molecular formula is C24H19N3O3. The molecule has 1 N–H and O–H groups in total. The second-order valence-electron chi connectivity index (χ2n) is 6.95. The topological polar surface area (TPSA) is 72.3 Å². The lowest BCUT2D eigenvalue weighted by atomic mass is 10.1. The van der Waals surface area contributed by atoms with Crippen LogP contribution in [-0.4, -0.2) is 21.2 Å². The van der Waals surface area contributed by atoms with Gasteiger partial charge in [0.1, 0.15) is 22.4 Å². The first kappa shape index (κ1) is 18.0. The SMILES string of the molecule is O/N=c1/cc(-c2cc3cccn3cn2)oc2ccc(OCCc3ccccc3)cc12. The van der Waals surface area contributed by atoms with Gasteiger partial charge < -0.3 is 18.8 Å². The quantitative estimate of drug-likeness (QED) is 0.346. The average molecular weight is 397 g/mol. The van der Waals surface area contributed by atoms with Gasteiger partial charge >= 0.3 is 0 Å². The van der Waals surface area contributed by atoms with Gasteiger partial charge in [-0.25, -0.2) is 4.98 Å². The lowest BCUT2D eigenvalue weighted by Crippen LogP contribution is -2.05. The van der Waals surface area contributed by atoms with Crippen molar-refractivity contribution in [2.75, 3.05) is 6.61 Å². The highest BCUT2D eigenvalue weighted by atomic mass is 16.5. The van der Waals surface area contributed by atoms with Gasteiger partial charge in [-0.05, 0) is 42.0 Å². The summed E-state index contributed by atoms with van der Waals surface area (Å²) < 4.78 is 13.9. The van der Waals surface area contributed by atoms with E-state index in [1.54, 1.807) is 12.4 Å². The number of hydrogen-bond acceptors (Lipinski definition) is 5. The number of nitrogens with zero attached hydrogens (tertiary/aromatic N) is 3. The summed E-state index contributed by atoms with van der Waals surface area (Å²) in [5, 5.41) is 14.1. The maximum absolute atomic E-state index is 9.58. The van der Waals surface area contributed by atoms with Gasteiger partial charge in [-0.1, -0.05) is 35.5 Å². The molecular weight excluding hydrogens is 378 g/mol. The van der Waals surface area contributed by atoms with Crippen LogP contribution in [0.5, 0.6) is 5.75 Å². The van der Waals surface area contributed by atoms with Crippen LogP contribution in [0.1, 0.15) is 5.56 Å². The first-order valence-electron chi connectivity index (χ1n) is 9.66. The van der Waals surface area contributed by atoms with Gasteiger partial charge in [-0.2, -0.15) is 0 Å². The predicted molar refractivity (Wildman–Crippen MR) is 113 cm³/mol. The van der Waals surface area contributed by atoms with E-state index < -0.39 is 0 Å². The Hall–Kier alpha value is -4.06. The number of fused-ring (bicyclic) bond motifs is 2. The third kappa shape index (κ3) is 3.51. The molecule has 0 spiro atoms. The largest absolute Gasteiger partial charge is 0.493 e. The second-order valence-corrected chi connectivity index (χ2v) is 6.95. The Bertz CT molecular complexity index is 1390. The number of aromatic nitrogens is 2. The molecule has 5 rings (SSSR count). The Morgan fingerprint density at radius 1 is 1.00 bits per heavy atom. The molecule has 3 heterocycles. The van der Waals surface area contributed by atoms with E-state index in [0.717, 1.165) is 11.9 Å². The molecule has 30 heavy (non-hydrogen) atoms. The van der Waals surface area contributed by atoms with Gasteiger partial charge in [0.25, 0.3) is 0 Å². The zero-order valence-corrected chi connectivity index (χ0v) is 16.1. The van der Waals surface area contributed by atoms with Crippen LogP contribution in [0.3, 0.4) is 0 Å². The monoisotopic (exact) mass is 397 g/mol. The standard InChI is InChI=1S/C24H19N3O3/c28-26-21-15-24(22-13-18-7-4-11-27(18)16-25-22)30-23-9-8-19(14-20(21)23)29-12-10-17-5-2-1-3-6-17/h1-9,11,13-16,28H,10,12H2/b26-21-. The van der Waals surface area contributed by atoms with Gasteiger partial charge in [-0.3, -0.25) is 0 Å². The molecule has 2 aromatic carbocycles. The number of rotatable bonds is 5. The molecule has 0 bridgehead atoms. The first-order valence-corrected chi connectivity index (χ1v) is 9.66. The van der Waals surface area contributed by atoms with Crippen LogP contribution in [0.2, 0.25) is 0 Å². The van der Waals surface area contributed by atoms with Crippen LogP contribution in [0.15, 0.2) is 94.9 Å². The molecule has 0 fully saturated rings. The number of ether oxygens (including phenoxy) is 1. The van der Waals surface area contributed by atoms with E-state index in [1.807, 2.05) is 65.2 Å². The van der Waals surface area contributed by atoms with Crippen LogP contribution in [0.4, 0.5) is 0 Å². The van der Waals surface area contributed by atoms with Gasteiger partial charge in [0, 0.05) is 24.2 Å². The summed E-state index contributed by atoms with van der Waals surface area (Å²) >= 11 is 0. The minimum absolute atomic E-state index is 0.400. The lowest BCUT2D eigenvalue weighted by Gasteiger charge is -2.09. The summed E-state index contributed by atoms with van der Waals surface area (Å²) in [4.78, 5) is 4.44. The Labute approximate surface area is 172 Å². The van der Waals surface area contributed by atoms with Crippen molar-refractivity contribution in [1.82, 2.24) is 9.38 Å². The van der Waals surface area contributed by atoms with Crippen molar-refractivity contribution in [3.63, 3.8) is 0 Å². The minimum Gasteiger partial charge on any atom is -0.493 e. The van der Waals surface area contributed by atoms with Crippen molar-refractivity contribution in [3.05, 3.63) is 96.2 Å². The minimum atomic E-state index is 0.400. The maximum Gasteiger partial charge on any atom is 0.155 e. The molecule has 0 saturated carbocycles. The molecule has 5 aromatic rings. The molecule has 6 heteroatoms. The van der Waals surface area contributed by atoms with Crippen molar-refractivity contribution >= 4 is 16.5 Å². The van der Waals surface area contributed by atoms with E-state index in [9.17, 15) is 5.21 Å². The molecule has 0 aliphatic carbocycles. The number of benzene rings is 2. The summed E-state index contributed by atoms with van der Waals surface area (Å²) in [6, 6.07) is 23.2. The second kappa shape index (κ2) is 7.75. The molecule has 0 saturated heterocycles. The highest BCUT2D eigenvalue weighted by molar-refractivity contribution is 5.80. The van der Waals surface area contributed by atoms with E-state index in [1.165, 1.54) is 5.56 Å². The summed E-state index contributed by atoms with van der Waals surface area (Å²) in [5.74, 6) is 1.22. The third-order valence-electron chi connectivity index (χ3n) is 4.99. The molecule has 3 aromatic heterocycles. The van der Waals surface area contributed by atoms with Gasteiger partial charge in [-0.15, -0.1) is 0 Å². The third-order valence-corrected chi connectivity index (χ3v) is 4.99. The molecule has 0 radical (unpaired) electrons. The Morgan fingerprint density at radius 2 is 1.90 bits per heavy atom. The molecule has 0 aliphatic heterocycles. The van der Waals surface area contributed by atoms with E-state index in [4.69, 9.17) is 9.15 Å². The smallest absolute Gasteiger partial charge is 0.155 e. The molecule has 0 aliphatic rings. The fraction of sp³-hybridized carbons (Fsp3) is 0.0833. The summed E-state index contributed by atoms with van der Waals surface area (Å²) in [6.07, 6.45) is 4.47. The first-order chi connectivity index (χ1) is 14.8. The average Bonchev–Trinajstić information content (AvgIpc) is 3.27. The Balaban J connectivity index is 1.45. The molecule has 6 nitrogen and oxygen atoms in total. The highest BCUT2D eigenvalue weighted by Crippen LogP contribution is 2.24. The van der Waals surface area contributed by atoms with Crippen LogP contribution >= 0.6 is 0 Å². The zero-order chi connectivity index (χ0) is 20.3. The van der Waals surface area contributed by atoms with E-state index in [0.29, 0.717) is 40.1 Å². The fourth-order valence-corrected chi connectivity index (χ4v) is 3.45. The maximum atomic E-state index is 9.58. The van der Waals surface area contributed by atoms with E-state index >= 15 is 0 Å². The van der Waals surface area contributed by atoms with Gasteiger partial charge in [0.2, 0.25) is 0 Å². The molecule has 0 unspecified atom stereocenters. The van der Waals surface area contributed by atoms with E-state index in [-0.39, 0.29) is 0 Å². The molecule has 0 amide bonds. The predicted octanol–water partition coefficient (Wildman–Crippen LogP) is 4.66. The summed E-state index contributed by atoms with van der Waals surface area (Å²) in [5.41, 5.74) is 3.47. The van der Waals surface area contributed by atoms with Crippen LogP contribution in [0, 0.1) is 0 Å². The Kier molecular flexibility index (Phi) is 4.65. The Morgan fingerprint density at radius 3 is 2.77 bits per heavy atom. The molecule has 0 atom stereocenters. The zero-order valence-electron chi connectivity index (χ0n) is 16.1. The van der Waals surface area contributed by atoms with Crippen LogP contribution < -0.4 is 10.1 Å². The normalized spacial score (nSPS) is 11.9. The van der Waals surface area contributed by atoms with Gasteiger partial charge in [0.05, 0.1) is 18.3 Å². The van der Waals surface area contributed by atoms with Crippen molar-refractivity contribution in [2.24, 2.45) is 5.16 Å². The lowest BCUT2D eigenvalue weighted by molar-refractivity contribution is 0.302. The van der Waals surface area contributed by atoms with Crippen LogP contribution in [-0.2, 0) is 6.42 Å². The summed E-state index contributed by atoms with van der Waals surface area (Å²) in [6.45, 7) is 0.553. The fourth-order valence-electron chi connectivity index (χ4n) is 3.45. The van der Waals surface area contributed by atoms with Crippen LogP contribution in [0.25, 0.3) is 27.9 Å². The van der Waals surface area contributed by atoms with Gasteiger partial charge in [0.15, 0.2) is 5.76 Å². The molecule has 148 valence electrons. The van der Waals surface area contributed by atoms with Crippen molar-refractivity contribution in [1.29, 1.82) is 0 Å². The number of hydrogen-bond donors (Lipinski definition) is 1. The van der Waals surface area contributed by atoms with Crippen molar-refractivity contribution in [3.8, 4) is 17.2 Å². The van der Waals surface area contributed by atoms with Crippen molar-refractivity contribution < 1.29 is 14.4 Å². The van der Waals surface area contributed by atoms with Crippen molar-refractivity contribution in [2.45, 2.75) is 6.42 Å².